The van der Waals surface area contributed by atoms with Crippen molar-refractivity contribution in [2.24, 2.45) is 5.92 Å². The monoisotopic (exact) mass is 620 g/mol. The maximum Gasteiger partial charge on any atom is 0.384 e. The predicted octanol–water partition coefficient (Wildman–Crippen LogP) is 6.40. The molecule has 0 bridgehead atoms. The van der Waals surface area contributed by atoms with Crippen LogP contribution in [0.5, 0.6) is 0 Å². The molecule has 7 heteroatoms. The third kappa shape index (κ3) is 8.68. The lowest BCUT2D eigenvalue weighted by Crippen LogP contribution is -2.45. The molecule has 1 aliphatic rings. The molecule has 1 aliphatic heterocycles. The number of hydrogen-bond donors (Lipinski definition) is 0. The summed E-state index contributed by atoms with van der Waals surface area (Å²) in [5.74, 6) is 2.69. The number of rotatable bonds is 7. The van der Waals surface area contributed by atoms with Crippen molar-refractivity contribution in [1.29, 1.82) is 0 Å². The van der Waals surface area contributed by atoms with Crippen LogP contribution in [0, 0.1) is 17.8 Å². The molecular weight excluding hydrogens is 587 g/mol. The number of cyclic esters (lactones) is 1. The van der Waals surface area contributed by atoms with Crippen LogP contribution in [0.1, 0.15) is 68.2 Å². The van der Waals surface area contributed by atoms with Gasteiger partial charge in [0, 0.05) is 34.6 Å². The van der Waals surface area contributed by atoms with Crippen molar-refractivity contribution < 1.29 is 23.8 Å². The lowest BCUT2D eigenvalue weighted by atomic mass is 9.79. The van der Waals surface area contributed by atoms with E-state index in [4.69, 9.17) is 14.2 Å². The van der Waals surface area contributed by atoms with Crippen LogP contribution in [0.15, 0.2) is 34.4 Å². The fourth-order valence-corrected chi connectivity index (χ4v) is 4.28. The lowest BCUT2D eigenvalue weighted by Gasteiger charge is -2.32. The van der Waals surface area contributed by atoms with Gasteiger partial charge in [-0.3, -0.25) is 0 Å². The van der Waals surface area contributed by atoms with Gasteiger partial charge in [0.15, 0.2) is 5.60 Å². The van der Waals surface area contributed by atoms with Crippen molar-refractivity contribution in [3.8, 4) is 11.8 Å². The Balaban J connectivity index is 3.44. The van der Waals surface area contributed by atoms with Crippen LogP contribution in [-0.2, 0) is 23.8 Å². The van der Waals surface area contributed by atoms with Gasteiger partial charge in [-0.25, -0.2) is 9.59 Å². The SMILES string of the molecule is C=C(/C=C(Br)\C(C)=C/C)C[C@]1([C@@H](C#CC(=O)OC(C)(C)C)CC(C)I)OC(C)(C)OC1=O. The Morgan fingerprint density at radius 1 is 1.38 bits per heavy atom. The Labute approximate surface area is 214 Å². The largest absolute Gasteiger partial charge is 0.450 e. The van der Waals surface area contributed by atoms with Gasteiger partial charge in [0.2, 0.25) is 5.79 Å². The molecule has 1 unspecified atom stereocenters. The molecule has 1 rings (SSSR count). The van der Waals surface area contributed by atoms with Gasteiger partial charge >= 0.3 is 11.9 Å². The Hall–Kier alpha value is -1.11. The van der Waals surface area contributed by atoms with E-state index in [9.17, 15) is 9.59 Å². The fourth-order valence-electron chi connectivity index (χ4n) is 3.22. The third-order valence-electron chi connectivity index (χ3n) is 4.61. The summed E-state index contributed by atoms with van der Waals surface area (Å²) in [4.78, 5) is 25.5. The van der Waals surface area contributed by atoms with Gasteiger partial charge in [-0.2, -0.15) is 0 Å². The van der Waals surface area contributed by atoms with E-state index in [0.717, 1.165) is 10.1 Å². The van der Waals surface area contributed by atoms with E-state index in [1.54, 1.807) is 34.6 Å². The summed E-state index contributed by atoms with van der Waals surface area (Å²) in [6.07, 6.45) is 4.54. The Kier molecular flexibility index (Phi) is 10.3. The third-order valence-corrected chi connectivity index (χ3v) is 5.98. The molecule has 0 aliphatic carbocycles. The number of halogens is 2. The molecule has 5 nitrogen and oxygen atoms in total. The maximum absolute atomic E-state index is 13.2. The summed E-state index contributed by atoms with van der Waals surface area (Å²) in [6.45, 7) is 18.8. The van der Waals surface area contributed by atoms with Crippen molar-refractivity contribution in [3.05, 3.63) is 34.4 Å². The minimum Gasteiger partial charge on any atom is -0.450 e. The van der Waals surface area contributed by atoms with Crippen molar-refractivity contribution in [3.63, 3.8) is 0 Å². The molecular formula is C25H34BrIO5. The first-order chi connectivity index (χ1) is 14.5. The van der Waals surface area contributed by atoms with Crippen LogP contribution in [0.2, 0.25) is 0 Å². The zero-order chi connectivity index (χ0) is 24.9. The first kappa shape index (κ1) is 28.9. The Morgan fingerprint density at radius 2 is 1.97 bits per heavy atom. The number of esters is 2. The molecule has 0 aromatic rings. The summed E-state index contributed by atoms with van der Waals surface area (Å²) >= 11 is 5.82. The predicted molar refractivity (Wildman–Crippen MR) is 139 cm³/mol. The second kappa shape index (κ2) is 11.3. The molecule has 0 aromatic heterocycles. The number of alkyl halides is 1. The molecule has 32 heavy (non-hydrogen) atoms. The van der Waals surface area contributed by atoms with Crippen LogP contribution in [0.3, 0.4) is 0 Å². The molecule has 0 radical (unpaired) electrons. The van der Waals surface area contributed by atoms with Gasteiger partial charge < -0.3 is 14.2 Å². The molecule has 0 spiro atoms. The van der Waals surface area contributed by atoms with Crippen molar-refractivity contribution in [2.45, 2.75) is 89.1 Å². The van der Waals surface area contributed by atoms with Crippen LogP contribution < -0.4 is 0 Å². The highest BCUT2D eigenvalue weighted by Crippen LogP contribution is 2.44. The standard InChI is InChI=1S/C25H34BrIO5/c1-10-17(3)20(26)13-16(2)15-25(22(29)31-24(8,9)32-25)19(14-18(4)27)11-12-21(28)30-23(5,6)7/h10,13,18-19H,2,14-15H2,1,3-9H3/b17-10-,20-13+/t18?,19-,25+/m0/s1. The summed E-state index contributed by atoms with van der Waals surface area (Å²) in [5, 5.41) is 0. The quantitative estimate of drug-likeness (QED) is 0.0823. The average Bonchev–Trinajstić information content (AvgIpc) is 2.84. The van der Waals surface area contributed by atoms with E-state index in [2.05, 4.69) is 56.9 Å². The summed E-state index contributed by atoms with van der Waals surface area (Å²) in [7, 11) is 0. The molecule has 1 heterocycles. The number of allylic oxidation sites excluding steroid dienone is 4. The van der Waals surface area contributed by atoms with Gasteiger partial charge in [0.05, 0.1) is 5.92 Å². The van der Waals surface area contributed by atoms with Gasteiger partial charge in [0.1, 0.15) is 5.60 Å². The van der Waals surface area contributed by atoms with Crippen molar-refractivity contribution in [2.75, 3.05) is 0 Å². The van der Waals surface area contributed by atoms with Gasteiger partial charge in [-0.1, -0.05) is 69.6 Å². The zero-order valence-corrected chi connectivity index (χ0v) is 24.0. The smallest absolute Gasteiger partial charge is 0.384 e. The molecule has 0 aromatic carbocycles. The van der Waals surface area contributed by atoms with Gasteiger partial charge in [-0.15, -0.1) is 0 Å². The first-order valence-corrected chi connectivity index (χ1v) is 12.6. The highest BCUT2D eigenvalue weighted by atomic mass is 127. The minimum atomic E-state index is -1.39. The van der Waals surface area contributed by atoms with E-state index in [-0.39, 0.29) is 10.3 Å². The van der Waals surface area contributed by atoms with Crippen LogP contribution >= 0.6 is 38.5 Å². The number of carbonyl (C=O) groups excluding carboxylic acids is 2. The fraction of sp³-hybridized carbons (Fsp3) is 0.600. The molecule has 0 amide bonds. The summed E-state index contributed by atoms with van der Waals surface area (Å²) < 4.78 is 18.1. The first-order valence-electron chi connectivity index (χ1n) is 10.5. The van der Waals surface area contributed by atoms with Crippen molar-refractivity contribution >= 4 is 50.5 Å². The van der Waals surface area contributed by atoms with Gasteiger partial charge in [-0.05, 0) is 52.7 Å². The average molecular weight is 621 g/mol. The Morgan fingerprint density at radius 3 is 2.41 bits per heavy atom. The van der Waals surface area contributed by atoms with Crippen LogP contribution in [0.25, 0.3) is 0 Å². The van der Waals surface area contributed by atoms with Crippen LogP contribution in [-0.4, -0.2) is 32.9 Å². The van der Waals surface area contributed by atoms with Gasteiger partial charge in [0.25, 0.3) is 0 Å². The second-order valence-corrected chi connectivity index (χ2v) is 12.4. The molecule has 3 atom stereocenters. The maximum atomic E-state index is 13.2. The molecule has 1 fully saturated rings. The molecule has 178 valence electrons. The number of carbonyl (C=O) groups is 2. The molecule has 1 saturated heterocycles. The number of ether oxygens (including phenoxy) is 3. The highest BCUT2D eigenvalue weighted by molar-refractivity contribution is 14.1. The minimum absolute atomic E-state index is 0.170. The van der Waals surface area contributed by atoms with Crippen molar-refractivity contribution in [1.82, 2.24) is 0 Å². The summed E-state index contributed by atoms with van der Waals surface area (Å²) in [5.41, 5.74) is -0.325. The lowest BCUT2D eigenvalue weighted by molar-refractivity contribution is -0.170. The normalized spacial score (nSPS) is 23.0. The Bertz CT molecular complexity index is 867. The van der Waals surface area contributed by atoms with E-state index < -0.39 is 34.8 Å². The molecule has 0 saturated carbocycles. The van der Waals surface area contributed by atoms with E-state index in [1.807, 2.05) is 32.9 Å². The molecule has 0 N–H and O–H groups in total. The number of hydrogen-bond acceptors (Lipinski definition) is 5. The highest BCUT2D eigenvalue weighted by Gasteiger charge is 2.58. The van der Waals surface area contributed by atoms with Crippen LogP contribution in [0.4, 0.5) is 0 Å². The topological polar surface area (TPSA) is 61.8 Å². The van der Waals surface area contributed by atoms with E-state index in [0.29, 0.717) is 12.0 Å². The second-order valence-electron chi connectivity index (χ2n) is 9.42. The van der Waals surface area contributed by atoms with E-state index >= 15 is 0 Å². The summed E-state index contributed by atoms with van der Waals surface area (Å²) in [6, 6.07) is 0. The zero-order valence-electron chi connectivity index (χ0n) is 20.2. The van der Waals surface area contributed by atoms with E-state index in [1.165, 1.54) is 0 Å².